The average Bonchev–Trinajstić information content (AvgIpc) is 2.71. The van der Waals surface area contributed by atoms with E-state index >= 15 is 0 Å². The van der Waals surface area contributed by atoms with Crippen molar-refractivity contribution in [3.63, 3.8) is 0 Å². The first kappa shape index (κ1) is 18.0. The van der Waals surface area contributed by atoms with Crippen molar-refractivity contribution in [2.24, 2.45) is 0 Å². The normalized spacial score (nSPS) is 19.8. The van der Waals surface area contributed by atoms with Crippen LogP contribution in [0.15, 0.2) is 18.2 Å². The van der Waals surface area contributed by atoms with Gasteiger partial charge in [0.2, 0.25) is 5.91 Å². The van der Waals surface area contributed by atoms with E-state index in [9.17, 15) is 14.4 Å². The number of benzene rings is 1. The molecule has 1 fully saturated rings. The maximum Gasteiger partial charge on any atom is 0.325 e. The number of carbonyl (C=O) groups excluding carboxylic acids is 3. The average molecular weight is 369 g/mol. The molecule has 0 spiro atoms. The van der Waals surface area contributed by atoms with Crippen LogP contribution in [0.5, 0.6) is 0 Å². The van der Waals surface area contributed by atoms with Gasteiger partial charge in [0.15, 0.2) is 0 Å². The van der Waals surface area contributed by atoms with Gasteiger partial charge in [0.25, 0.3) is 5.91 Å². The number of nitriles is 1. The zero-order valence-corrected chi connectivity index (χ0v) is 14.2. The summed E-state index contributed by atoms with van der Waals surface area (Å²) in [5, 5.41) is 14.1. The molecule has 9 heteroatoms. The minimum Gasteiger partial charge on any atom is -0.354 e. The number of hydrogen-bond donors (Lipinski definition) is 2. The van der Waals surface area contributed by atoms with Crippen molar-refractivity contribution in [2.45, 2.75) is 18.9 Å². The predicted octanol–water partition coefficient (Wildman–Crippen LogP) is 1.79. The van der Waals surface area contributed by atoms with Gasteiger partial charge in [0.1, 0.15) is 12.1 Å². The fourth-order valence-electron chi connectivity index (χ4n) is 2.38. The summed E-state index contributed by atoms with van der Waals surface area (Å²) >= 11 is 12.0. The number of carbonyl (C=O) groups is 3. The van der Waals surface area contributed by atoms with E-state index in [0.717, 1.165) is 4.90 Å². The van der Waals surface area contributed by atoms with Crippen molar-refractivity contribution in [1.82, 2.24) is 15.5 Å². The van der Waals surface area contributed by atoms with E-state index in [4.69, 9.17) is 28.5 Å². The molecule has 0 radical (unpaired) electrons. The van der Waals surface area contributed by atoms with E-state index in [1.807, 2.05) is 6.07 Å². The van der Waals surface area contributed by atoms with Crippen molar-refractivity contribution >= 4 is 41.0 Å². The molecule has 126 valence electrons. The van der Waals surface area contributed by atoms with Gasteiger partial charge in [-0.1, -0.05) is 29.3 Å². The summed E-state index contributed by atoms with van der Waals surface area (Å²) in [6.45, 7) is 1.23. The fraction of sp³-hybridized carbons (Fsp3) is 0.333. The highest BCUT2D eigenvalue weighted by atomic mass is 35.5. The Morgan fingerprint density at radius 2 is 2.12 bits per heavy atom. The van der Waals surface area contributed by atoms with Gasteiger partial charge >= 0.3 is 6.03 Å². The fourth-order valence-corrected chi connectivity index (χ4v) is 2.97. The number of urea groups is 1. The first-order chi connectivity index (χ1) is 11.3. The molecule has 7 nitrogen and oxygen atoms in total. The van der Waals surface area contributed by atoms with Crippen molar-refractivity contribution in [3.05, 3.63) is 33.8 Å². The number of halogens is 2. The molecule has 1 aliphatic heterocycles. The molecule has 0 saturated carbocycles. The molecule has 2 N–H and O–H groups in total. The second kappa shape index (κ2) is 7.07. The summed E-state index contributed by atoms with van der Waals surface area (Å²) in [7, 11) is 0. The Bertz CT molecular complexity index is 747. The molecule has 24 heavy (non-hydrogen) atoms. The van der Waals surface area contributed by atoms with E-state index in [1.165, 1.54) is 13.0 Å². The highest BCUT2D eigenvalue weighted by Gasteiger charge is 2.50. The zero-order chi connectivity index (χ0) is 17.9. The van der Waals surface area contributed by atoms with Gasteiger partial charge in [-0.15, -0.1) is 0 Å². The van der Waals surface area contributed by atoms with Gasteiger partial charge in [-0.05, 0) is 19.1 Å². The van der Waals surface area contributed by atoms with Gasteiger partial charge in [-0.2, -0.15) is 5.26 Å². The highest BCUT2D eigenvalue weighted by molar-refractivity contribution is 6.35. The second-order valence-corrected chi connectivity index (χ2v) is 6.17. The molecule has 1 aliphatic rings. The Kier molecular flexibility index (Phi) is 5.32. The zero-order valence-electron chi connectivity index (χ0n) is 12.7. The summed E-state index contributed by atoms with van der Waals surface area (Å²) in [6.07, 6.45) is 0.143. The first-order valence-corrected chi connectivity index (χ1v) is 7.78. The molecule has 1 saturated heterocycles. The molecular formula is C15H14Cl2N4O3. The smallest absolute Gasteiger partial charge is 0.325 e. The minimum atomic E-state index is -1.38. The van der Waals surface area contributed by atoms with Crippen molar-refractivity contribution in [2.75, 3.05) is 13.1 Å². The molecular weight excluding hydrogens is 355 g/mol. The summed E-state index contributed by atoms with van der Waals surface area (Å²) in [6, 6.07) is 5.78. The van der Waals surface area contributed by atoms with Crippen LogP contribution < -0.4 is 10.6 Å². The largest absolute Gasteiger partial charge is 0.354 e. The van der Waals surface area contributed by atoms with Gasteiger partial charge in [0, 0.05) is 22.2 Å². The number of hydrogen-bond acceptors (Lipinski definition) is 4. The van der Waals surface area contributed by atoms with Crippen LogP contribution in [0.25, 0.3) is 0 Å². The molecule has 0 unspecified atom stereocenters. The Labute approximate surface area is 148 Å². The van der Waals surface area contributed by atoms with Gasteiger partial charge in [-0.25, -0.2) is 4.79 Å². The number of nitrogens with one attached hydrogen (secondary N) is 2. The van der Waals surface area contributed by atoms with Gasteiger partial charge in [-0.3, -0.25) is 14.5 Å². The third-order valence-electron chi connectivity index (χ3n) is 3.61. The molecule has 1 aromatic rings. The minimum absolute atomic E-state index is 0.143. The summed E-state index contributed by atoms with van der Waals surface area (Å²) in [4.78, 5) is 37.4. The molecule has 0 aliphatic carbocycles. The predicted molar refractivity (Wildman–Crippen MR) is 87.3 cm³/mol. The van der Waals surface area contributed by atoms with E-state index in [1.54, 1.807) is 12.1 Å². The quantitative estimate of drug-likeness (QED) is 0.610. The molecule has 1 heterocycles. The van der Waals surface area contributed by atoms with E-state index in [0.29, 0.717) is 10.6 Å². The van der Waals surface area contributed by atoms with Crippen molar-refractivity contribution in [1.29, 1.82) is 5.26 Å². The van der Waals surface area contributed by atoms with Crippen LogP contribution in [0.1, 0.15) is 18.9 Å². The molecule has 0 bridgehead atoms. The number of imide groups is 1. The maximum atomic E-state index is 12.7. The number of amides is 4. The van der Waals surface area contributed by atoms with Crippen LogP contribution >= 0.6 is 23.2 Å². The Morgan fingerprint density at radius 3 is 2.75 bits per heavy atom. The monoisotopic (exact) mass is 368 g/mol. The summed E-state index contributed by atoms with van der Waals surface area (Å²) < 4.78 is 0. The Balaban J connectivity index is 2.18. The Hall–Kier alpha value is -2.30. The van der Waals surface area contributed by atoms with Crippen LogP contribution in [0.2, 0.25) is 10.0 Å². The third kappa shape index (κ3) is 3.45. The lowest BCUT2D eigenvalue weighted by Crippen LogP contribution is -2.43. The van der Waals surface area contributed by atoms with Gasteiger partial charge in [0.05, 0.1) is 12.5 Å². The van der Waals surface area contributed by atoms with Crippen LogP contribution in [0.4, 0.5) is 4.79 Å². The van der Waals surface area contributed by atoms with Crippen LogP contribution in [0, 0.1) is 11.3 Å². The molecule has 0 aromatic heterocycles. The molecule has 4 amide bonds. The van der Waals surface area contributed by atoms with E-state index in [-0.39, 0.29) is 18.0 Å². The summed E-state index contributed by atoms with van der Waals surface area (Å²) in [5.74, 6) is -1.12. The molecule has 2 rings (SSSR count). The van der Waals surface area contributed by atoms with Crippen molar-refractivity contribution in [3.8, 4) is 6.07 Å². The highest BCUT2D eigenvalue weighted by Crippen LogP contribution is 2.34. The standard InChI is InChI=1S/C15H14Cl2N4O3/c1-15(10-4-3-9(16)7-11(10)17)13(23)21(14(24)20-15)8-12(22)19-6-2-5-18/h3-4,7H,2,6,8H2,1H3,(H,19,22)(H,20,24)/t15-/m0/s1. The maximum absolute atomic E-state index is 12.7. The SMILES string of the molecule is C[C@@]1(c2ccc(Cl)cc2Cl)NC(=O)N(CC(=O)NCCC#N)C1=O. The van der Waals surface area contributed by atoms with Crippen LogP contribution in [0.3, 0.4) is 0 Å². The third-order valence-corrected chi connectivity index (χ3v) is 4.15. The lowest BCUT2D eigenvalue weighted by molar-refractivity contribution is -0.134. The topological polar surface area (TPSA) is 102 Å². The lowest BCUT2D eigenvalue weighted by Gasteiger charge is -2.23. The number of rotatable bonds is 5. The molecule has 1 atom stereocenters. The van der Waals surface area contributed by atoms with Gasteiger partial charge < -0.3 is 10.6 Å². The Morgan fingerprint density at radius 1 is 1.42 bits per heavy atom. The van der Waals surface area contributed by atoms with Crippen LogP contribution in [-0.4, -0.2) is 35.8 Å². The van der Waals surface area contributed by atoms with E-state index in [2.05, 4.69) is 10.6 Å². The second-order valence-electron chi connectivity index (χ2n) is 5.33. The molecule has 1 aromatic carbocycles. The summed E-state index contributed by atoms with van der Waals surface area (Å²) in [5.41, 5.74) is -0.995. The van der Waals surface area contributed by atoms with E-state index < -0.39 is 29.9 Å². The van der Waals surface area contributed by atoms with Crippen LogP contribution in [-0.2, 0) is 15.1 Å². The van der Waals surface area contributed by atoms with Crippen molar-refractivity contribution < 1.29 is 14.4 Å². The first-order valence-electron chi connectivity index (χ1n) is 7.03. The number of nitrogens with zero attached hydrogens (tertiary/aromatic N) is 2. The lowest BCUT2D eigenvalue weighted by atomic mass is 9.92.